The van der Waals surface area contributed by atoms with E-state index in [0.29, 0.717) is 17.2 Å². The zero-order chi connectivity index (χ0) is 18.7. The highest BCUT2D eigenvalue weighted by Gasteiger charge is 2.23. The van der Waals surface area contributed by atoms with Crippen LogP contribution in [0.4, 0.5) is 5.82 Å². The second-order valence-electron chi connectivity index (χ2n) is 6.24. The second-order valence-corrected chi connectivity index (χ2v) is 7.18. The van der Waals surface area contributed by atoms with Crippen LogP contribution in [0, 0.1) is 0 Å². The van der Waals surface area contributed by atoms with Crippen LogP contribution in [0.1, 0.15) is 36.1 Å². The molecule has 0 saturated carbocycles. The summed E-state index contributed by atoms with van der Waals surface area (Å²) in [5.74, 6) is 1.46. The van der Waals surface area contributed by atoms with E-state index in [1.807, 2.05) is 67.1 Å². The van der Waals surface area contributed by atoms with Gasteiger partial charge in [-0.05, 0) is 49.9 Å². The number of aryl methyl sites for hydroxylation is 1. The van der Waals surface area contributed by atoms with Crippen molar-refractivity contribution in [2.75, 3.05) is 18.6 Å². The lowest BCUT2D eigenvalue weighted by Crippen LogP contribution is -2.27. The first-order chi connectivity index (χ1) is 12.5. The van der Waals surface area contributed by atoms with Crippen LogP contribution in [0.3, 0.4) is 0 Å². The van der Waals surface area contributed by atoms with Crippen molar-refractivity contribution in [2.24, 2.45) is 0 Å². The van der Waals surface area contributed by atoms with E-state index >= 15 is 0 Å². The summed E-state index contributed by atoms with van der Waals surface area (Å²) >= 11 is 1.44. The number of hydrogen-bond donors (Lipinski definition) is 0. The van der Waals surface area contributed by atoms with Crippen molar-refractivity contribution in [3.8, 4) is 5.75 Å². The summed E-state index contributed by atoms with van der Waals surface area (Å²) in [6.45, 7) is 6.61. The van der Waals surface area contributed by atoms with E-state index in [9.17, 15) is 4.79 Å². The highest BCUT2D eigenvalue weighted by atomic mass is 32.1. The molecule has 0 aliphatic rings. The van der Waals surface area contributed by atoms with Gasteiger partial charge in [0.2, 0.25) is 0 Å². The summed E-state index contributed by atoms with van der Waals surface area (Å²) in [5, 5.41) is 1.91. The van der Waals surface area contributed by atoms with E-state index in [1.165, 1.54) is 16.9 Å². The number of aromatic nitrogens is 2. The van der Waals surface area contributed by atoms with Gasteiger partial charge in [-0.3, -0.25) is 14.1 Å². The van der Waals surface area contributed by atoms with Crippen molar-refractivity contribution in [1.82, 2.24) is 9.38 Å². The van der Waals surface area contributed by atoms with Gasteiger partial charge in [-0.1, -0.05) is 18.6 Å². The molecule has 0 fully saturated rings. The lowest BCUT2D eigenvalue weighted by molar-refractivity contribution is 0.0996. The van der Waals surface area contributed by atoms with E-state index in [2.05, 4.69) is 0 Å². The number of fused-ring (bicyclic) bond motifs is 1. The van der Waals surface area contributed by atoms with Crippen LogP contribution in [-0.4, -0.2) is 28.9 Å². The summed E-state index contributed by atoms with van der Waals surface area (Å²) in [7, 11) is 1.79. The van der Waals surface area contributed by atoms with Crippen LogP contribution in [0.15, 0.2) is 47.5 Å². The number of rotatable bonds is 6. The number of anilines is 1. The van der Waals surface area contributed by atoms with Crippen molar-refractivity contribution in [3.63, 3.8) is 0 Å². The van der Waals surface area contributed by atoms with Crippen molar-refractivity contribution in [2.45, 2.75) is 27.2 Å². The molecule has 0 aliphatic carbocycles. The molecule has 0 spiro atoms. The number of nitrogens with zero attached hydrogens (tertiary/aromatic N) is 3. The van der Waals surface area contributed by atoms with Gasteiger partial charge in [0.1, 0.15) is 12.4 Å². The van der Waals surface area contributed by atoms with E-state index in [0.717, 1.165) is 23.6 Å². The summed E-state index contributed by atoms with van der Waals surface area (Å²) in [4.78, 5) is 19.9. The van der Waals surface area contributed by atoms with E-state index in [1.54, 1.807) is 11.9 Å². The zero-order valence-electron chi connectivity index (χ0n) is 15.5. The lowest BCUT2D eigenvalue weighted by Gasteiger charge is -2.17. The average molecular weight is 369 g/mol. The maximum absolute atomic E-state index is 12.8. The lowest BCUT2D eigenvalue weighted by atomic mass is 10.3. The van der Waals surface area contributed by atoms with E-state index < -0.39 is 0 Å². The maximum atomic E-state index is 12.8. The molecule has 0 bridgehead atoms. The molecule has 0 unspecified atom stereocenters. The molecule has 3 aromatic rings. The molecule has 1 amide bonds. The van der Waals surface area contributed by atoms with Gasteiger partial charge in [0, 0.05) is 13.2 Å². The number of pyridine rings is 1. The van der Waals surface area contributed by atoms with Crippen LogP contribution in [0.25, 0.3) is 5.65 Å². The Balaban J connectivity index is 2.02. The first kappa shape index (κ1) is 18.2. The summed E-state index contributed by atoms with van der Waals surface area (Å²) in [5.41, 5.74) is 2.81. The Labute approximate surface area is 157 Å². The number of allylic oxidation sites excluding steroid dienone is 1. The molecule has 0 N–H and O–H groups in total. The molecular formula is C20H23N3O2S. The fraction of sp³-hybridized carbons (Fsp3) is 0.300. The van der Waals surface area contributed by atoms with Crippen molar-refractivity contribution in [3.05, 3.63) is 58.1 Å². The molecule has 0 radical (unpaired) electrons. The highest BCUT2D eigenvalue weighted by molar-refractivity contribution is 7.12. The topological polar surface area (TPSA) is 46.8 Å². The van der Waals surface area contributed by atoms with Gasteiger partial charge in [0.05, 0.1) is 10.6 Å². The van der Waals surface area contributed by atoms with Gasteiger partial charge in [0.25, 0.3) is 5.91 Å². The molecule has 0 saturated heterocycles. The molecule has 26 heavy (non-hydrogen) atoms. The third kappa shape index (κ3) is 3.51. The van der Waals surface area contributed by atoms with Crippen LogP contribution in [-0.2, 0) is 6.42 Å². The Hall–Kier alpha value is -2.60. The number of amides is 1. The summed E-state index contributed by atoms with van der Waals surface area (Å²) in [6, 6.07) is 7.55. The summed E-state index contributed by atoms with van der Waals surface area (Å²) < 4.78 is 7.83. The first-order valence-electron chi connectivity index (χ1n) is 8.60. The Morgan fingerprint density at radius 1 is 1.35 bits per heavy atom. The molecule has 3 heterocycles. The molecule has 136 valence electrons. The Bertz CT molecular complexity index is 938. The zero-order valence-corrected chi connectivity index (χ0v) is 16.3. The number of hydrogen-bond acceptors (Lipinski definition) is 4. The van der Waals surface area contributed by atoms with E-state index in [4.69, 9.17) is 9.72 Å². The minimum absolute atomic E-state index is 0.0348. The molecule has 3 rings (SSSR count). The minimum Gasteiger partial charge on any atom is -0.486 e. The number of imidazole rings is 1. The van der Waals surface area contributed by atoms with Gasteiger partial charge in [-0.25, -0.2) is 4.98 Å². The van der Waals surface area contributed by atoms with Gasteiger partial charge in [-0.15, -0.1) is 11.3 Å². The van der Waals surface area contributed by atoms with Gasteiger partial charge < -0.3 is 4.74 Å². The Kier molecular flexibility index (Phi) is 5.42. The molecular weight excluding hydrogens is 346 g/mol. The van der Waals surface area contributed by atoms with E-state index in [-0.39, 0.29) is 5.91 Å². The number of carbonyl (C=O) groups excluding carboxylic acids is 1. The quantitative estimate of drug-likeness (QED) is 0.598. The average Bonchev–Trinajstić information content (AvgIpc) is 3.28. The predicted octanol–water partition coefficient (Wildman–Crippen LogP) is 4.58. The van der Waals surface area contributed by atoms with Crippen molar-refractivity contribution < 1.29 is 9.53 Å². The van der Waals surface area contributed by atoms with Crippen LogP contribution >= 0.6 is 11.3 Å². The second kappa shape index (κ2) is 7.74. The fourth-order valence-electron chi connectivity index (χ4n) is 2.74. The van der Waals surface area contributed by atoms with Gasteiger partial charge in [-0.2, -0.15) is 0 Å². The SMILES string of the molecule is CCc1nc2c(OCC=C(C)C)cccn2c1N(C)C(=O)c1cccs1. The molecule has 5 nitrogen and oxygen atoms in total. The third-order valence-corrected chi connectivity index (χ3v) is 4.94. The fourth-order valence-corrected chi connectivity index (χ4v) is 3.44. The molecule has 0 aliphatic heterocycles. The molecule has 6 heteroatoms. The molecule has 0 aromatic carbocycles. The largest absolute Gasteiger partial charge is 0.486 e. The standard InChI is InChI=1S/C20H23N3O2S/c1-5-15-19(22(4)20(24)17-9-7-13-26-17)23-11-6-8-16(18(23)21-15)25-12-10-14(2)3/h6-11,13H,5,12H2,1-4H3. The van der Waals surface area contributed by atoms with Gasteiger partial charge in [0.15, 0.2) is 11.4 Å². The minimum atomic E-state index is -0.0348. The predicted molar refractivity (Wildman–Crippen MR) is 107 cm³/mol. The number of ether oxygens (including phenoxy) is 1. The number of carbonyl (C=O) groups is 1. The van der Waals surface area contributed by atoms with Crippen LogP contribution in [0.5, 0.6) is 5.75 Å². The third-order valence-electron chi connectivity index (χ3n) is 4.08. The van der Waals surface area contributed by atoms with Crippen LogP contribution in [0.2, 0.25) is 0 Å². The van der Waals surface area contributed by atoms with Crippen molar-refractivity contribution in [1.29, 1.82) is 0 Å². The Morgan fingerprint density at radius 3 is 2.81 bits per heavy atom. The Morgan fingerprint density at radius 2 is 2.15 bits per heavy atom. The van der Waals surface area contributed by atoms with Gasteiger partial charge >= 0.3 is 0 Å². The normalized spacial score (nSPS) is 10.8. The highest BCUT2D eigenvalue weighted by Crippen LogP contribution is 2.29. The van der Waals surface area contributed by atoms with Crippen molar-refractivity contribution >= 4 is 28.7 Å². The smallest absolute Gasteiger partial charge is 0.269 e. The number of thiophene rings is 1. The maximum Gasteiger partial charge on any atom is 0.269 e. The summed E-state index contributed by atoms with van der Waals surface area (Å²) in [6.07, 6.45) is 4.68. The molecule has 3 aromatic heterocycles. The molecule has 0 atom stereocenters. The first-order valence-corrected chi connectivity index (χ1v) is 9.48. The monoisotopic (exact) mass is 369 g/mol. The van der Waals surface area contributed by atoms with Crippen LogP contribution < -0.4 is 9.64 Å².